The quantitative estimate of drug-likeness (QED) is 0.753. The molecule has 1 N–H and O–H groups in total. The Balaban J connectivity index is 1.39. The maximum atomic E-state index is 12.4. The van der Waals surface area contributed by atoms with Gasteiger partial charge in [-0.15, -0.1) is 0 Å². The minimum Gasteiger partial charge on any atom is -0.486 e. The number of anilines is 1. The van der Waals surface area contributed by atoms with Gasteiger partial charge in [-0.1, -0.05) is 15.9 Å². The lowest BCUT2D eigenvalue weighted by Crippen LogP contribution is -2.32. The van der Waals surface area contributed by atoms with E-state index in [-0.39, 0.29) is 30.7 Å². The smallest absolute Gasteiger partial charge is 0.261 e. The normalized spacial score (nSPS) is 14.9. The molecule has 3 amide bonds. The molecule has 2 aromatic carbocycles. The number of rotatable bonds is 4. The molecule has 0 saturated heterocycles. The second-order valence-corrected chi connectivity index (χ2v) is 7.02. The van der Waals surface area contributed by atoms with E-state index in [4.69, 9.17) is 9.47 Å². The van der Waals surface area contributed by atoms with Crippen molar-refractivity contribution in [3.8, 4) is 11.5 Å². The topological polar surface area (TPSA) is 84.9 Å². The third-order valence-corrected chi connectivity index (χ3v) is 4.81. The van der Waals surface area contributed by atoms with E-state index in [1.807, 2.05) is 0 Å². The van der Waals surface area contributed by atoms with E-state index in [0.29, 0.717) is 41.5 Å². The highest BCUT2D eigenvalue weighted by molar-refractivity contribution is 9.10. The van der Waals surface area contributed by atoms with Crippen molar-refractivity contribution in [3.63, 3.8) is 0 Å². The molecule has 0 saturated carbocycles. The predicted molar refractivity (Wildman–Crippen MR) is 100 cm³/mol. The Morgan fingerprint density at radius 1 is 1.00 bits per heavy atom. The second-order valence-electron chi connectivity index (χ2n) is 6.11. The first-order valence-corrected chi connectivity index (χ1v) is 9.17. The zero-order valence-electron chi connectivity index (χ0n) is 14.2. The molecule has 0 fully saturated rings. The van der Waals surface area contributed by atoms with Gasteiger partial charge < -0.3 is 14.8 Å². The van der Waals surface area contributed by atoms with Gasteiger partial charge in [0.2, 0.25) is 5.91 Å². The number of benzene rings is 2. The van der Waals surface area contributed by atoms with Gasteiger partial charge >= 0.3 is 0 Å². The Morgan fingerprint density at radius 3 is 2.56 bits per heavy atom. The summed E-state index contributed by atoms with van der Waals surface area (Å²) < 4.78 is 11.6. The van der Waals surface area contributed by atoms with E-state index < -0.39 is 0 Å². The van der Waals surface area contributed by atoms with Crippen molar-refractivity contribution >= 4 is 39.3 Å². The van der Waals surface area contributed by atoms with Gasteiger partial charge in [0, 0.05) is 29.2 Å². The number of halogens is 1. The molecule has 0 spiro atoms. The van der Waals surface area contributed by atoms with Crippen molar-refractivity contribution in [3.05, 3.63) is 52.0 Å². The van der Waals surface area contributed by atoms with Crippen LogP contribution in [0.25, 0.3) is 0 Å². The number of carbonyl (C=O) groups excluding carboxylic acids is 3. The summed E-state index contributed by atoms with van der Waals surface area (Å²) in [6, 6.07) is 10.1. The molecule has 0 radical (unpaired) electrons. The van der Waals surface area contributed by atoms with Crippen molar-refractivity contribution in [2.45, 2.75) is 6.42 Å². The molecule has 138 valence electrons. The number of carbonyl (C=O) groups is 3. The lowest BCUT2D eigenvalue weighted by atomic mass is 10.1. The molecule has 0 atom stereocenters. The molecule has 0 aliphatic carbocycles. The fraction of sp³-hybridized carbons (Fsp3) is 0.211. The summed E-state index contributed by atoms with van der Waals surface area (Å²) in [7, 11) is 0. The Kier molecular flexibility index (Phi) is 4.57. The van der Waals surface area contributed by atoms with Crippen LogP contribution in [0.15, 0.2) is 40.9 Å². The molecule has 2 aliphatic heterocycles. The van der Waals surface area contributed by atoms with Crippen molar-refractivity contribution in [2.75, 3.05) is 25.1 Å². The maximum Gasteiger partial charge on any atom is 0.261 e. The van der Waals surface area contributed by atoms with Crippen molar-refractivity contribution in [1.29, 1.82) is 0 Å². The number of hydrogen-bond acceptors (Lipinski definition) is 5. The number of fused-ring (bicyclic) bond motifs is 2. The van der Waals surface area contributed by atoms with Crippen molar-refractivity contribution < 1.29 is 23.9 Å². The predicted octanol–water partition coefficient (Wildman–Crippen LogP) is 2.85. The molecular formula is C19H15BrN2O5. The van der Waals surface area contributed by atoms with Crippen molar-refractivity contribution in [1.82, 2.24) is 4.90 Å². The number of nitrogens with one attached hydrogen (secondary N) is 1. The number of amides is 3. The number of imide groups is 1. The van der Waals surface area contributed by atoms with Gasteiger partial charge in [0.15, 0.2) is 11.5 Å². The summed E-state index contributed by atoms with van der Waals surface area (Å²) in [4.78, 5) is 38.1. The third-order valence-electron chi connectivity index (χ3n) is 4.32. The minimum absolute atomic E-state index is 0.00107. The maximum absolute atomic E-state index is 12.4. The van der Waals surface area contributed by atoms with Crippen LogP contribution in [-0.2, 0) is 4.79 Å². The lowest BCUT2D eigenvalue weighted by molar-refractivity contribution is -0.116. The molecule has 7 nitrogen and oxygen atoms in total. The molecule has 8 heteroatoms. The Labute approximate surface area is 163 Å². The summed E-state index contributed by atoms with van der Waals surface area (Å²) in [6.07, 6.45) is 0.00107. The first-order valence-electron chi connectivity index (χ1n) is 8.38. The summed E-state index contributed by atoms with van der Waals surface area (Å²) in [5.41, 5.74) is 1.27. The van der Waals surface area contributed by atoms with E-state index in [2.05, 4.69) is 21.2 Å². The van der Waals surface area contributed by atoms with E-state index in [1.54, 1.807) is 36.4 Å². The molecule has 4 rings (SSSR count). The molecule has 0 aromatic heterocycles. The van der Waals surface area contributed by atoms with E-state index >= 15 is 0 Å². The average Bonchev–Trinajstić information content (AvgIpc) is 2.90. The number of hydrogen-bond donors (Lipinski definition) is 1. The first kappa shape index (κ1) is 17.5. The zero-order valence-corrected chi connectivity index (χ0v) is 15.7. The average molecular weight is 431 g/mol. The second kappa shape index (κ2) is 7.03. The summed E-state index contributed by atoms with van der Waals surface area (Å²) in [5, 5.41) is 2.74. The van der Waals surface area contributed by atoms with E-state index in [1.165, 1.54) is 0 Å². The molecule has 2 aromatic rings. The minimum atomic E-state index is -0.386. The number of nitrogens with zero attached hydrogens (tertiary/aromatic N) is 1. The third kappa shape index (κ3) is 3.40. The molecule has 0 bridgehead atoms. The van der Waals surface area contributed by atoms with Crippen LogP contribution in [0.4, 0.5) is 5.69 Å². The van der Waals surface area contributed by atoms with Gasteiger partial charge in [-0.3, -0.25) is 19.3 Å². The lowest BCUT2D eigenvalue weighted by Gasteiger charge is -2.19. The van der Waals surface area contributed by atoms with Gasteiger partial charge in [-0.2, -0.15) is 0 Å². The van der Waals surface area contributed by atoms with Gasteiger partial charge in [0.05, 0.1) is 11.1 Å². The van der Waals surface area contributed by atoms with Gasteiger partial charge in [0.1, 0.15) is 13.2 Å². The molecule has 0 unspecified atom stereocenters. The summed E-state index contributed by atoms with van der Waals surface area (Å²) in [5.74, 6) is 0.142. The molecular weight excluding hydrogens is 416 g/mol. The summed E-state index contributed by atoms with van der Waals surface area (Å²) >= 11 is 3.29. The van der Waals surface area contributed by atoms with Crippen LogP contribution in [0, 0.1) is 0 Å². The highest BCUT2D eigenvalue weighted by atomic mass is 79.9. The molecule has 2 heterocycles. The first-order chi connectivity index (χ1) is 13.0. The Hall–Kier alpha value is -2.87. The zero-order chi connectivity index (χ0) is 19.0. The largest absolute Gasteiger partial charge is 0.486 e. The Morgan fingerprint density at radius 2 is 1.74 bits per heavy atom. The van der Waals surface area contributed by atoms with Crippen LogP contribution in [0.3, 0.4) is 0 Å². The van der Waals surface area contributed by atoms with Crippen LogP contribution in [0.5, 0.6) is 11.5 Å². The monoisotopic (exact) mass is 430 g/mol. The van der Waals surface area contributed by atoms with E-state index in [9.17, 15) is 14.4 Å². The van der Waals surface area contributed by atoms with Gasteiger partial charge in [-0.05, 0) is 30.3 Å². The fourth-order valence-corrected chi connectivity index (χ4v) is 3.39. The Bertz CT molecular complexity index is 959. The number of ether oxygens (including phenoxy) is 2. The van der Waals surface area contributed by atoms with Gasteiger partial charge in [-0.25, -0.2) is 0 Å². The van der Waals surface area contributed by atoms with Gasteiger partial charge in [0.25, 0.3) is 11.8 Å². The van der Waals surface area contributed by atoms with Crippen LogP contribution >= 0.6 is 15.9 Å². The van der Waals surface area contributed by atoms with Crippen molar-refractivity contribution in [2.24, 2.45) is 0 Å². The molecule has 27 heavy (non-hydrogen) atoms. The fourth-order valence-electron chi connectivity index (χ4n) is 3.02. The van der Waals surface area contributed by atoms with Crippen LogP contribution in [0.2, 0.25) is 0 Å². The van der Waals surface area contributed by atoms with Crippen LogP contribution in [0.1, 0.15) is 27.1 Å². The van der Waals surface area contributed by atoms with E-state index in [0.717, 1.165) is 9.37 Å². The standard InChI is InChI=1S/C19H15BrN2O5/c20-11-1-3-13-14(9-11)19(25)22(18(13)24)6-5-17(23)21-12-2-4-15-16(10-12)27-8-7-26-15/h1-4,9-10H,5-8H2,(H,21,23). The highest BCUT2D eigenvalue weighted by Crippen LogP contribution is 2.32. The van der Waals surface area contributed by atoms with Crippen LogP contribution < -0.4 is 14.8 Å². The summed E-state index contributed by atoms with van der Waals surface area (Å²) in [6.45, 7) is 0.968. The highest BCUT2D eigenvalue weighted by Gasteiger charge is 2.35. The molecule has 2 aliphatic rings. The van der Waals surface area contributed by atoms with Crippen LogP contribution in [-0.4, -0.2) is 42.4 Å². The SMILES string of the molecule is O=C(CCN1C(=O)c2ccc(Br)cc2C1=O)Nc1ccc2c(c1)OCCO2.